The smallest absolute Gasteiger partial charge is 0.330 e. The van der Waals surface area contributed by atoms with Crippen molar-refractivity contribution in [3.8, 4) is 11.5 Å². The predicted octanol–water partition coefficient (Wildman–Crippen LogP) is 2.98. The summed E-state index contributed by atoms with van der Waals surface area (Å²) >= 11 is 0. The second-order valence-corrected chi connectivity index (χ2v) is 3.88. The molecule has 0 aromatic heterocycles. The van der Waals surface area contributed by atoms with Crippen LogP contribution < -0.4 is 9.47 Å². The molecule has 19 heavy (non-hydrogen) atoms. The molecular weight excluding hydrogens is 244 g/mol. The van der Waals surface area contributed by atoms with Gasteiger partial charge in [-0.2, -0.15) is 0 Å². The molecule has 0 unspecified atom stereocenters. The van der Waals surface area contributed by atoms with Crippen molar-refractivity contribution in [3.63, 3.8) is 0 Å². The zero-order chi connectivity index (χ0) is 14.3. The molecule has 0 spiro atoms. The van der Waals surface area contributed by atoms with E-state index in [4.69, 9.17) is 9.47 Å². The van der Waals surface area contributed by atoms with Gasteiger partial charge in [0.25, 0.3) is 0 Å². The number of benzene rings is 1. The van der Waals surface area contributed by atoms with Gasteiger partial charge < -0.3 is 14.2 Å². The first-order chi connectivity index (χ1) is 9.12. The molecule has 0 saturated heterocycles. The Morgan fingerprint density at radius 3 is 2.37 bits per heavy atom. The van der Waals surface area contributed by atoms with Crippen molar-refractivity contribution in [1.29, 1.82) is 0 Å². The normalized spacial score (nSPS) is 10.5. The third kappa shape index (κ3) is 4.32. The van der Waals surface area contributed by atoms with Gasteiger partial charge in [0.2, 0.25) is 0 Å². The van der Waals surface area contributed by atoms with E-state index in [1.165, 1.54) is 13.2 Å². The van der Waals surface area contributed by atoms with Crippen LogP contribution >= 0.6 is 0 Å². The van der Waals surface area contributed by atoms with Crippen LogP contribution in [0.5, 0.6) is 11.5 Å². The molecule has 0 amide bonds. The Hall–Kier alpha value is -1.97. The first kappa shape index (κ1) is 15.1. The summed E-state index contributed by atoms with van der Waals surface area (Å²) in [5, 5.41) is 0. The summed E-state index contributed by atoms with van der Waals surface area (Å²) in [6.45, 7) is 6.96. The SMILES string of the molecule is CCOc1cc(/C=C/C(=O)OC)c(OCC)cc1C. The monoisotopic (exact) mass is 264 g/mol. The number of hydrogen-bond donors (Lipinski definition) is 0. The number of esters is 1. The number of carbonyl (C=O) groups is 1. The van der Waals surface area contributed by atoms with Crippen LogP contribution in [0.25, 0.3) is 6.08 Å². The molecule has 0 saturated carbocycles. The molecule has 0 N–H and O–H groups in total. The summed E-state index contributed by atoms with van der Waals surface area (Å²) in [6.07, 6.45) is 3.03. The third-order valence-corrected chi connectivity index (χ3v) is 2.51. The lowest BCUT2D eigenvalue weighted by Crippen LogP contribution is -1.99. The lowest BCUT2D eigenvalue weighted by molar-refractivity contribution is -0.134. The van der Waals surface area contributed by atoms with Crippen molar-refractivity contribution in [2.45, 2.75) is 20.8 Å². The van der Waals surface area contributed by atoms with Gasteiger partial charge in [0, 0.05) is 11.6 Å². The van der Waals surface area contributed by atoms with E-state index in [-0.39, 0.29) is 0 Å². The highest BCUT2D eigenvalue weighted by molar-refractivity contribution is 5.87. The van der Waals surface area contributed by atoms with Crippen molar-refractivity contribution in [1.82, 2.24) is 0 Å². The molecule has 0 atom stereocenters. The van der Waals surface area contributed by atoms with Crippen molar-refractivity contribution in [2.24, 2.45) is 0 Å². The summed E-state index contributed by atoms with van der Waals surface area (Å²) in [5.74, 6) is 1.11. The second kappa shape index (κ2) is 7.46. The van der Waals surface area contributed by atoms with Crippen LogP contribution in [0.4, 0.5) is 0 Å². The summed E-state index contributed by atoms with van der Waals surface area (Å²) < 4.78 is 15.7. The van der Waals surface area contributed by atoms with Gasteiger partial charge in [-0.15, -0.1) is 0 Å². The van der Waals surface area contributed by atoms with Gasteiger partial charge in [-0.25, -0.2) is 4.79 Å². The van der Waals surface area contributed by atoms with Crippen molar-refractivity contribution >= 4 is 12.0 Å². The standard InChI is InChI=1S/C15H20O4/c1-5-18-13-10-12(7-8-15(16)17-4)14(19-6-2)9-11(13)3/h7-10H,5-6H2,1-4H3/b8-7+. The maximum Gasteiger partial charge on any atom is 0.330 e. The number of hydrogen-bond acceptors (Lipinski definition) is 4. The minimum Gasteiger partial charge on any atom is -0.494 e. The van der Waals surface area contributed by atoms with E-state index in [1.54, 1.807) is 6.08 Å². The summed E-state index contributed by atoms with van der Waals surface area (Å²) in [7, 11) is 1.34. The highest BCUT2D eigenvalue weighted by Crippen LogP contribution is 2.29. The van der Waals surface area contributed by atoms with Gasteiger partial charge >= 0.3 is 5.97 Å². The molecule has 0 radical (unpaired) electrons. The predicted molar refractivity (Wildman–Crippen MR) is 74.6 cm³/mol. The summed E-state index contributed by atoms with van der Waals surface area (Å²) in [6, 6.07) is 3.77. The molecule has 4 nitrogen and oxygen atoms in total. The largest absolute Gasteiger partial charge is 0.494 e. The molecule has 0 aliphatic carbocycles. The van der Waals surface area contributed by atoms with E-state index in [1.807, 2.05) is 32.9 Å². The maximum atomic E-state index is 11.2. The van der Waals surface area contributed by atoms with Crippen LogP contribution in [0.1, 0.15) is 25.0 Å². The Balaban J connectivity index is 3.13. The topological polar surface area (TPSA) is 44.8 Å². The zero-order valence-electron chi connectivity index (χ0n) is 11.9. The second-order valence-electron chi connectivity index (χ2n) is 3.88. The molecule has 0 aliphatic heterocycles. The average molecular weight is 264 g/mol. The third-order valence-electron chi connectivity index (χ3n) is 2.51. The number of methoxy groups -OCH3 is 1. The van der Waals surface area contributed by atoms with E-state index in [0.717, 1.165) is 22.6 Å². The van der Waals surface area contributed by atoms with Gasteiger partial charge in [0.05, 0.1) is 20.3 Å². The average Bonchev–Trinajstić information content (AvgIpc) is 2.40. The fraction of sp³-hybridized carbons (Fsp3) is 0.400. The van der Waals surface area contributed by atoms with Crippen LogP contribution in [0, 0.1) is 6.92 Å². The number of ether oxygens (including phenoxy) is 3. The number of rotatable bonds is 6. The zero-order valence-corrected chi connectivity index (χ0v) is 11.9. The van der Waals surface area contributed by atoms with Crippen LogP contribution in [0.2, 0.25) is 0 Å². The van der Waals surface area contributed by atoms with E-state index in [9.17, 15) is 4.79 Å². The minimum absolute atomic E-state index is 0.402. The molecule has 4 heteroatoms. The quantitative estimate of drug-likeness (QED) is 0.585. The molecule has 0 bridgehead atoms. The molecule has 0 heterocycles. The Labute approximate surface area is 114 Å². The Bertz CT molecular complexity index is 463. The fourth-order valence-electron chi connectivity index (χ4n) is 1.62. The Morgan fingerprint density at radius 1 is 1.16 bits per heavy atom. The molecule has 1 aromatic rings. The van der Waals surface area contributed by atoms with Gasteiger partial charge in [-0.3, -0.25) is 0 Å². The van der Waals surface area contributed by atoms with Crippen LogP contribution in [0.3, 0.4) is 0 Å². The summed E-state index contributed by atoms with van der Waals surface area (Å²) in [4.78, 5) is 11.2. The van der Waals surface area contributed by atoms with E-state index < -0.39 is 5.97 Å². The first-order valence-corrected chi connectivity index (χ1v) is 6.28. The van der Waals surface area contributed by atoms with E-state index in [0.29, 0.717) is 13.2 Å². The Kier molecular flexibility index (Phi) is 5.93. The Morgan fingerprint density at radius 2 is 1.79 bits per heavy atom. The molecular formula is C15H20O4. The molecule has 104 valence electrons. The van der Waals surface area contributed by atoms with Crippen molar-refractivity contribution in [2.75, 3.05) is 20.3 Å². The molecule has 1 rings (SSSR count). The highest BCUT2D eigenvalue weighted by atomic mass is 16.5. The van der Waals surface area contributed by atoms with Gasteiger partial charge in [-0.1, -0.05) is 0 Å². The van der Waals surface area contributed by atoms with Gasteiger partial charge in [-0.05, 0) is 44.5 Å². The van der Waals surface area contributed by atoms with Crippen LogP contribution in [0.15, 0.2) is 18.2 Å². The fourth-order valence-corrected chi connectivity index (χ4v) is 1.62. The van der Waals surface area contributed by atoms with Crippen LogP contribution in [-0.2, 0) is 9.53 Å². The highest BCUT2D eigenvalue weighted by Gasteiger charge is 2.08. The molecule has 0 aliphatic rings. The van der Waals surface area contributed by atoms with E-state index in [2.05, 4.69) is 4.74 Å². The number of carbonyl (C=O) groups excluding carboxylic acids is 1. The number of aryl methyl sites for hydroxylation is 1. The molecule has 1 aromatic carbocycles. The van der Waals surface area contributed by atoms with Crippen molar-refractivity contribution < 1.29 is 19.0 Å². The van der Waals surface area contributed by atoms with Crippen molar-refractivity contribution in [3.05, 3.63) is 29.3 Å². The summed E-state index contributed by atoms with van der Waals surface area (Å²) in [5.41, 5.74) is 1.79. The lowest BCUT2D eigenvalue weighted by Gasteiger charge is -2.13. The maximum absolute atomic E-state index is 11.2. The van der Waals surface area contributed by atoms with Gasteiger partial charge in [0.1, 0.15) is 11.5 Å². The molecule has 0 fully saturated rings. The van der Waals surface area contributed by atoms with E-state index >= 15 is 0 Å². The van der Waals surface area contributed by atoms with Gasteiger partial charge in [0.15, 0.2) is 0 Å². The minimum atomic E-state index is -0.402. The van der Waals surface area contributed by atoms with Crippen LogP contribution in [-0.4, -0.2) is 26.3 Å². The lowest BCUT2D eigenvalue weighted by atomic mass is 10.1. The first-order valence-electron chi connectivity index (χ1n) is 6.28.